The van der Waals surface area contributed by atoms with Crippen LogP contribution in [0, 0.1) is 0 Å². The van der Waals surface area contributed by atoms with Crippen LogP contribution >= 0.6 is 0 Å². The van der Waals surface area contributed by atoms with Crippen LogP contribution in [0.15, 0.2) is 91.0 Å². The van der Waals surface area contributed by atoms with Gasteiger partial charge < -0.3 is 15.2 Å². The number of nitrogens with zero attached hydrogens (tertiary/aromatic N) is 1. The van der Waals surface area contributed by atoms with Crippen molar-refractivity contribution < 1.29 is 14.6 Å². The number of likely N-dealkylation sites (tertiary alicyclic amines) is 1. The van der Waals surface area contributed by atoms with Gasteiger partial charge in [-0.05, 0) is 54.3 Å². The number of amides is 1. The first-order chi connectivity index (χ1) is 16.7. The van der Waals surface area contributed by atoms with E-state index in [0.717, 1.165) is 42.6 Å². The van der Waals surface area contributed by atoms with E-state index in [2.05, 4.69) is 34.5 Å². The number of phenols is 1. The summed E-state index contributed by atoms with van der Waals surface area (Å²) in [6.07, 6.45) is 5.33. The Morgan fingerprint density at radius 1 is 1.03 bits per heavy atom. The highest BCUT2D eigenvalue weighted by molar-refractivity contribution is 5.91. The number of rotatable bonds is 10. The third-order valence-corrected chi connectivity index (χ3v) is 6.18. The Balaban J connectivity index is 1.27. The summed E-state index contributed by atoms with van der Waals surface area (Å²) in [4.78, 5) is 14.7. The van der Waals surface area contributed by atoms with Crippen LogP contribution in [-0.4, -0.2) is 48.2 Å². The van der Waals surface area contributed by atoms with Crippen LogP contribution in [0.5, 0.6) is 5.75 Å². The fourth-order valence-electron chi connectivity index (χ4n) is 4.43. The molecule has 176 valence electrons. The minimum atomic E-state index is -0.125. The second-order valence-electron chi connectivity index (χ2n) is 8.58. The number of hydrogen-bond acceptors (Lipinski definition) is 4. The number of carbonyl (C=O) groups excluding carboxylic acids is 1. The van der Waals surface area contributed by atoms with Crippen LogP contribution in [0.2, 0.25) is 0 Å². The second-order valence-corrected chi connectivity index (χ2v) is 8.58. The Bertz CT molecular complexity index is 1030. The Morgan fingerprint density at radius 3 is 2.41 bits per heavy atom. The van der Waals surface area contributed by atoms with Gasteiger partial charge >= 0.3 is 0 Å². The molecule has 2 N–H and O–H groups in total. The number of benzene rings is 3. The van der Waals surface area contributed by atoms with Crippen molar-refractivity contribution in [3.63, 3.8) is 0 Å². The number of aromatic hydroxyl groups is 1. The van der Waals surface area contributed by atoms with Gasteiger partial charge in [0.05, 0.1) is 6.61 Å². The fraction of sp³-hybridized carbons (Fsp3) is 0.276. The molecule has 0 bridgehead atoms. The van der Waals surface area contributed by atoms with Crippen molar-refractivity contribution in [2.45, 2.75) is 25.0 Å². The molecular weight excluding hydrogens is 424 g/mol. The Labute approximate surface area is 201 Å². The summed E-state index contributed by atoms with van der Waals surface area (Å²) in [7, 11) is 0. The highest BCUT2D eigenvalue weighted by Gasteiger charge is 2.25. The molecule has 5 nitrogen and oxygen atoms in total. The van der Waals surface area contributed by atoms with Crippen molar-refractivity contribution in [3.05, 3.63) is 108 Å². The lowest BCUT2D eigenvalue weighted by molar-refractivity contribution is -0.116. The summed E-state index contributed by atoms with van der Waals surface area (Å²) in [5.74, 6) is 0.0628. The lowest BCUT2D eigenvalue weighted by Gasteiger charge is -2.26. The van der Waals surface area contributed by atoms with Gasteiger partial charge in [0.15, 0.2) is 0 Å². The van der Waals surface area contributed by atoms with Crippen LogP contribution in [0.4, 0.5) is 0 Å². The summed E-state index contributed by atoms with van der Waals surface area (Å²) in [6.45, 7) is 3.08. The molecule has 34 heavy (non-hydrogen) atoms. The standard InChI is InChI=1S/C29H32N2O3/c32-27-15-7-9-23(21-27)16-17-28(33)30-22-26-14-8-18-31(26)19-20-34-29(24-10-3-1-4-11-24)25-12-5-2-6-13-25/h1-7,9-13,15-17,21,26,29,32H,8,14,18-20,22H2,(H,30,33)/b17-16+/t26-/m0/s1. The molecule has 1 heterocycles. The summed E-state index contributed by atoms with van der Waals surface area (Å²) in [5, 5.41) is 12.6. The Kier molecular flexibility index (Phi) is 8.49. The molecule has 0 radical (unpaired) electrons. The predicted octanol–water partition coefficient (Wildman–Crippen LogP) is 4.79. The fourth-order valence-corrected chi connectivity index (χ4v) is 4.43. The van der Waals surface area contributed by atoms with E-state index in [1.54, 1.807) is 24.3 Å². The maximum absolute atomic E-state index is 12.3. The Morgan fingerprint density at radius 2 is 1.74 bits per heavy atom. The van der Waals surface area contributed by atoms with Gasteiger partial charge in [0.1, 0.15) is 11.9 Å². The van der Waals surface area contributed by atoms with Crippen LogP contribution in [0.1, 0.15) is 35.6 Å². The molecule has 4 rings (SSSR count). The van der Waals surface area contributed by atoms with Gasteiger partial charge in [-0.1, -0.05) is 72.8 Å². The van der Waals surface area contributed by atoms with Crippen molar-refractivity contribution in [1.29, 1.82) is 0 Å². The molecule has 0 spiro atoms. The molecule has 1 saturated heterocycles. The minimum Gasteiger partial charge on any atom is -0.508 e. The first-order valence-corrected chi connectivity index (χ1v) is 11.9. The summed E-state index contributed by atoms with van der Waals surface area (Å²) < 4.78 is 6.39. The van der Waals surface area contributed by atoms with Crippen molar-refractivity contribution in [2.24, 2.45) is 0 Å². The normalized spacial score (nSPS) is 16.3. The monoisotopic (exact) mass is 456 g/mol. The minimum absolute atomic E-state index is 0.0919. The lowest BCUT2D eigenvalue weighted by Crippen LogP contribution is -2.41. The van der Waals surface area contributed by atoms with E-state index in [1.807, 2.05) is 42.5 Å². The largest absolute Gasteiger partial charge is 0.508 e. The number of ether oxygens (including phenoxy) is 1. The number of carbonyl (C=O) groups is 1. The maximum Gasteiger partial charge on any atom is 0.244 e. The number of nitrogens with one attached hydrogen (secondary N) is 1. The van der Waals surface area contributed by atoms with Gasteiger partial charge in [0, 0.05) is 25.2 Å². The quantitative estimate of drug-likeness (QED) is 0.431. The van der Waals surface area contributed by atoms with E-state index in [9.17, 15) is 9.90 Å². The Hall–Kier alpha value is -3.41. The molecule has 3 aromatic rings. The molecule has 1 fully saturated rings. The van der Waals surface area contributed by atoms with E-state index in [4.69, 9.17) is 4.74 Å². The zero-order valence-electron chi connectivity index (χ0n) is 19.3. The van der Waals surface area contributed by atoms with E-state index in [-0.39, 0.29) is 17.8 Å². The SMILES string of the molecule is O=C(/C=C/c1cccc(O)c1)NC[C@@H]1CCCN1CCOC(c1ccccc1)c1ccccc1. The van der Waals surface area contributed by atoms with Crippen molar-refractivity contribution in [3.8, 4) is 5.75 Å². The van der Waals surface area contributed by atoms with Crippen molar-refractivity contribution in [1.82, 2.24) is 10.2 Å². The average Bonchev–Trinajstić information content (AvgIpc) is 3.32. The molecule has 5 heteroatoms. The molecule has 3 aromatic carbocycles. The number of hydrogen-bond donors (Lipinski definition) is 2. The molecule has 0 unspecified atom stereocenters. The highest BCUT2D eigenvalue weighted by atomic mass is 16.5. The third-order valence-electron chi connectivity index (χ3n) is 6.18. The van der Waals surface area contributed by atoms with Crippen LogP contribution < -0.4 is 5.32 Å². The van der Waals surface area contributed by atoms with Gasteiger partial charge in [-0.15, -0.1) is 0 Å². The zero-order chi connectivity index (χ0) is 23.6. The van der Waals surface area contributed by atoms with Crippen molar-refractivity contribution in [2.75, 3.05) is 26.2 Å². The van der Waals surface area contributed by atoms with Crippen LogP contribution in [0.25, 0.3) is 6.08 Å². The van der Waals surface area contributed by atoms with Gasteiger partial charge in [-0.25, -0.2) is 0 Å². The summed E-state index contributed by atoms with van der Waals surface area (Å²) in [5.41, 5.74) is 3.09. The third kappa shape index (κ3) is 6.80. The smallest absolute Gasteiger partial charge is 0.244 e. The molecule has 1 aliphatic heterocycles. The van der Waals surface area contributed by atoms with Gasteiger partial charge in [0.2, 0.25) is 5.91 Å². The average molecular weight is 457 g/mol. The van der Waals surface area contributed by atoms with Gasteiger partial charge in [-0.2, -0.15) is 0 Å². The summed E-state index contributed by atoms with van der Waals surface area (Å²) >= 11 is 0. The van der Waals surface area contributed by atoms with Crippen LogP contribution in [-0.2, 0) is 9.53 Å². The molecule has 0 saturated carbocycles. The van der Waals surface area contributed by atoms with Crippen molar-refractivity contribution >= 4 is 12.0 Å². The van der Waals surface area contributed by atoms with Gasteiger partial charge in [0.25, 0.3) is 0 Å². The molecular formula is C29H32N2O3. The second kappa shape index (κ2) is 12.2. The molecule has 0 aliphatic carbocycles. The first kappa shape index (κ1) is 23.7. The topological polar surface area (TPSA) is 61.8 Å². The molecule has 1 amide bonds. The predicted molar refractivity (Wildman–Crippen MR) is 135 cm³/mol. The van der Waals surface area contributed by atoms with Gasteiger partial charge in [-0.3, -0.25) is 9.69 Å². The highest BCUT2D eigenvalue weighted by Crippen LogP contribution is 2.26. The van der Waals surface area contributed by atoms with Crippen LogP contribution in [0.3, 0.4) is 0 Å². The van der Waals surface area contributed by atoms with E-state index >= 15 is 0 Å². The zero-order valence-corrected chi connectivity index (χ0v) is 19.3. The van der Waals surface area contributed by atoms with E-state index < -0.39 is 0 Å². The molecule has 1 aliphatic rings. The van der Waals surface area contributed by atoms with E-state index in [1.165, 1.54) is 6.08 Å². The lowest BCUT2D eigenvalue weighted by atomic mass is 10.0. The maximum atomic E-state index is 12.3. The summed E-state index contributed by atoms with van der Waals surface area (Å²) in [6, 6.07) is 27.8. The van der Waals surface area contributed by atoms with E-state index in [0.29, 0.717) is 19.2 Å². The molecule has 0 aromatic heterocycles. The first-order valence-electron chi connectivity index (χ1n) is 11.9. The molecule has 1 atom stereocenters. The number of phenolic OH excluding ortho intramolecular Hbond substituents is 1.